The van der Waals surface area contributed by atoms with Gasteiger partial charge in [-0.1, -0.05) is 72.8 Å². The molecule has 4 rings (SSSR count). The van der Waals surface area contributed by atoms with Crippen molar-refractivity contribution < 1.29 is 33.4 Å². The molecule has 216 valence electrons. The number of halogens is 1. The molecule has 0 aliphatic carbocycles. The van der Waals surface area contributed by atoms with Crippen LogP contribution in [0.1, 0.15) is 38.3 Å². The van der Waals surface area contributed by atoms with Crippen LogP contribution in [0.25, 0.3) is 0 Å². The molecular weight excluding hydrogens is 566 g/mol. The Bertz CT molecular complexity index is 1450. The molecule has 0 spiro atoms. The molecule has 0 radical (unpaired) electrons. The molecule has 2 N–H and O–H groups in total. The second-order valence-corrected chi connectivity index (χ2v) is 9.25. The number of alkyl carbamates (subject to hydrolysis) is 1. The van der Waals surface area contributed by atoms with Crippen molar-refractivity contribution in [1.29, 1.82) is 5.41 Å². The van der Waals surface area contributed by atoms with Crippen LogP contribution in [0.3, 0.4) is 0 Å². The zero-order valence-electron chi connectivity index (χ0n) is 22.2. The fraction of sp³-hybridized carbons (Fsp3) is 0.172. The Balaban J connectivity index is 1.41. The van der Waals surface area contributed by atoms with Crippen molar-refractivity contribution in [2.45, 2.75) is 19.6 Å². The zero-order valence-corrected chi connectivity index (χ0v) is 23.0. The number of nitrogens with zero attached hydrogens (tertiary/aromatic N) is 3. The van der Waals surface area contributed by atoms with Gasteiger partial charge in [-0.05, 0) is 41.3 Å². The maximum absolute atomic E-state index is 13.0. The average molecular weight is 592 g/mol. The van der Waals surface area contributed by atoms with Gasteiger partial charge in [0.05, 0.1) is 11.1 Å². The van der Waals surface area contributed by atoms with Crippen LogP contribution in [0, 0.1) is 5.41 Å². The molecule has 1 heterocycles. The van der Waals surface area contributed by atoms with Crippen LogP contribution in [0.2, 0.25) is 0 Å². The summed E-state index contributed by atoms with van der Waals surface area (Å²) in [5, 5.41) is 10.8. The lowest BCUT2D eigenvalue weighted by molar-refractivity contribution is 0.0217. The number of carbonyl (C=O) groups excluding carboxylic acids is 5. The van der Waals surface area contributed by atoms with E-state index in [0.717, 1.165) is 15.5 Å². The van der Waals surface area contributed by atoms with Crippen molar-refractivity contribution in [1.82, 2.24) is 20.2 Å². The topological polar surface area (TPSA) is 149 Å². The first-order valence-corrected chi connectivity index (χ1v) is 13.1. The van der Waals surface area contributed by atoms with E-state index in [9.17, 15) is 24.0 Å². The van der Waals surface area contributed by atoms with Crippen molar-refractivity contribution in [2.24, 2.45) is 0 Å². The lowest BCUT2D eigenvalue weighted by Crippen LogP contribution is -2.50. The minimum absolute atomic E-state index is 0.0601. The normalized spacial score (nSPS) is 11.9. The van der Waals surface area contributed by atoms with E-state index < -0.39 is 35.3 Å². The van der Waals surface area contributed by atoms with Gasteiger partial charge in [0.1, 0.15) is 13.2 Å². The number of benzene rings is 3. The summed E-state index contributed by atoms with van der Waals surface area (Å²) >= 11 is 5.73. The Hall–Kier alpha value is -5.23. The lowest BCUT2D eigenvalue weighted by Gasteiger charge is -2.29. The first-order chi connectivity index (χ1) is 20.3. The highest BCUT2D eigenvalue weighted by atomic mass is 35.5. The van der Waals surface area contributed by atoms with E-state index in [1.165, 1.54) is 12.1 Å². The first-order valence-electron chi connectivity index (χ1n) is 12.8. The number of guanidine groups is 1. The molecule has 1 aliphatic rings. The minimum Gasteiger partial charge on any atom is -0.444 e. The number of ether oxygens (including phenoxy) is 2. The molecule has 0 bridgehead atoms. The van der Waals surface area contributed by atoms with Crippen molar-refractivity contribution in [2.75, 3.05) is 13.1 Å². The van der Waals surface area contributed by atoms with Gasteiger partial charge in [-0.15, -0.1) is 0 Å². The van der Waals surface area contributed by atoms with Crippen LogP contribution in [0.5, 0.6) is 0 Å². The quantitative estimate of drug-likeness (QED) is 0.120. The maximum atomic E-state index is 13.0. The third kappa shape index (κ3) is 7.29. The molecule has 0 aromatic heterocycles. The van der Waals surface area contributed by atoms with Crippen LogP contribution in [-0.4, -0.2) is 63.3 Å². The molecule has 0 fully saturated rings. The Labute approximate surface area is 245 Å². The van der Waals surface area contributed by atoms with Gasteiger partial charge in [-0.25, -0.2) is 19.5 Å². The second kappa shape index (κ2) is 13.9. The number of hydrazine groups is 1. The third-order valence-corrected chi connectivity index (χ3v) is 6.29. The highest BCUT2D eigenvalue weighted by molar-refractivity contribution is 6.63. The van der Waals surface area contributed by atoms with E-state index in [0.29, 0.717) is 10.6 Å². The summed E-state index contributed by atoms with van der Waals surface area (Å²) < 4.78 is 10.5. The summed E-state index contributed by atoms with van der Waals surface area (Å²) in [6, 6.07) is 23.8. The van der Waals surface area contributed by atoms with E-state index in [-0.39, 0.29) is 43.9 Å². The number of rotatable bonds is 9. The molecule has 13 heteroatoms. The molecule has 1 aliphatic heterocycles. The van der Waals surface area contributed by atoms with E-state index in [4.69, 9.17) is 26.5 Å². The second-order valence-electron chi connectivity index (χ2n) is 8.92. The van der Waals surface area contributed by atoms with Crippen LogP contribution in [0.4, 0.5) is 14.4 Å². The minimum atomic E-state index is -1.10. The monoisotopic (exact) mass is 591 g/mol. The Morgan fingerprint density at radius 3 is 1.79 bits per heavy atom. The van der Waals surface area contributed by atoms with E-state index in [1.807, 2.05) is 6.07 Å². The van der Waals surface area contributed by atoms with Gasteiger partial charge < -0.3 is 9.47 Å². The number of hydrogen-bond acceptors (Lipinski definition) is 8. The van der Waals surface area contributed by atoms with Crippen LogP contribution in [0.15, 0.2) is 84.9 Å². The van der Waals surface area contributed by atoms with Crippen molar-refractivity contribution >= 4 is 46.9 Å². The molecule has 3 aromatic carbocycles. The highest BCUT2D eigenvalue weighted by Gasteiger charge is 2.40. The van der Waals surface area contributed by atoms with E-state index in [2.05, 4.69) is 5.32 Å². The molecule has 0 saturated heterocycles. The van der Waals surface area contributed by atoms with Gasteiger partial charge in [0.25, 0.3) is 11.8 Å². The molecule has 5 amide bonds. The number of nitrogens with one attached hydrogen (secondary N) is 2. The number of imide groups is 1. The average Bonchev–Trinajstić information content (AvgIpc) is 3.25. The Morgan fingerprint density at radius 2 is 1.26 bits per heavy atom. The van der Waals surface area contributed by atoms with Gasteiger partial charge in [0.15, 0.2) is 0 Å². The van der Waals surface area contributed by atoms with Gasteiger partial charge in [0.2, 0.25) is 5.96 Å². The molecular formula is C29H26ClN5O7. The lowest BCUT2D eigenvalue weighted by atomic mass is 10.1. The summed E-state index contributed by atoms with van der Waals surface area (Å²) in [6.45, 7) is -0.702. The molecule has 3 aromatic rings. The molecule has 0 atom stereocenters. The first kappa shape index (κ1) is 29.7. The summed E-state index contributed by atoms with van der Waals surface area (Å²) in [6.07, 6.45) is -2.00. The summed E-state index contributed by atoms with van der Waals surface area (Å²) in [5.74, 6) is -2.09. The summed E-state index contributed by atoms with van der Waals surface area (Å²) in [7, 11) is 0. The van der Waals surface area contributed by atoms with Gasteiger partial charge in [0, 0.05) is 13.1 Å². The van der Waals surface area contributed by atoms with Crippen molar-refractivity contribution in [3.8, 4) is 0 Å². The molecule has 0 saturated carbocycles. The fourth-order valence-corrected chi connectivity index (χ4v) is 4.22. The van der Waals surface area contributed by atoms with Crippen LogP contribution >= 0.6 is 11.6 Å². The number of amides is 5. The molecule has 0 unspecified atom stereocenters. The van der Waals surface area contributed by atoms with Gasteiger partial charge >= 0.3 is 17.6 Å². The Kier molecular flexibility index (Phi) is 9.85. The van der Waals surface area contributed by atoms with Crippen LogP contribution < -0.4 is 5.32 Å². The third-order valence-electron chi connectivity index (χ3n) is 6.10. The van der Waals surface area contributed by atoms with Crippen LogP contribution in [-0.2, 0) is 22.7 Å². The smallest absolute Gasteiger partial charge is 0.416 e. The van der Waals surface area contributed by atoms with E-state index in [1.54, 1.807) is 66.7 Å². The largest absolute Gasteiger partial charge is 0.444 e. The summed E-state index contributed by atoms with van der Waals surface area (Å²) in [5.41, 5.74) is 1.66. The number of fused-ring (bicyclic) bond motifs is 1. The Morgan fingerprint density at radius 1 is 0.762 bits per heavy atom. The summed E-state index contributed by atoms with van der Waals surface area (Å²) in [4.78, 5) is 64.1. The number of carbonyl (C=O) groups is 5. The van der Waals surface area contributed by atoms with Gasteiger partial charge in [-0.3, -0.25) is 25.1 Å². The van der Waals surface area contributed by atoms with E-state index >= 15 is 0 Å². The number of hydrogen-bond donors (Lipinski definition) is 2. The predicted octanol–water partition coefficient (Wildman–Crippen LogP) is 4.75. The molecule has 42 heavy (non-hydrogen) atoms. The SMILES string of the molecule is N=C(NC(=O)OCc1ccccc1)N(CCCN(C(=O)Cl)N1C(=O)c2ccccc2C1=O)C(=O)OCc1ccccc1. The maximum Gasteiger partial charge on any atom is 0.416 e. The predicted molar refractivity (Wildman–Crippen MR) is 150 cm³/mol. The standard InChI is InChI=1S/C29H26ClN5O7/c30-26(38)34(35-24(36)22-14-7-8-15-23(22)25(35)37)17-9-16-33(29(40)42-19-21-12-5-2-6-13-21)27(31)32-28(39)41-18-20-10-3-1-4-11-20/h1-8,10-15H,9,16-19H2,(H2,31,32,39). The fourth-order valence-electron chi connectivity index (χ4n) is 4.06. The van der Waals surface area contributed by atoms with Gasteiger partial charge in [-0.2, -0.15) is 5.01 Å². The van der Waals surface area contributed by atoms with Crippen molar-refractivity contribution in [3.63, 3.8) is 0 Å². The van der Waals surface area contributed by atoms with Crippen molar-refractivity contribution in [3.05, 3.63) is 107 Å². The zero-order chi connectivity index (χ0) is 30.1. The highest BCUT2D eigenvalue weighted by Crippen LogP contribution is 2.25. The molecule has 12 nitrogen and oxygen atoms in total.